The lowest BCUT2D eigenvalue weighted by molar-refractivity contribution is 0.0768. The van der Waals surface area contributed by atoms with Crippen LogP contribution >= 0.6 is 11.3 Å². The van der Waals surface area contributed by atoms with E-state index in [4.69, 9.17) is 0 Å². The second-order valence-corrected chi connectivity index (χ2v) is 6.58. The van der Waals surface area contributed by atoms with Crippen LogP contribution in [0, 0.1) is 0 Å². The topological polar surface area (TPSA) is 59.0 Å². The zero-order valence-corrected chi connectivity index (χ0v) is 14.3. The Morgan fingerprint density at radius 1 is 1.16 bits per heavy atom. The first kappa shape index (κ1) is 15.7. The zero-order chi connectivity index (χ0) is 17.1. The molecular weight excluding hydrogens is 332 g/mol. The number of carbonyl (C=O) groups excluding carboxylic acids is 1. The van der Waals surface area contributed by atoms with Crippen LogP contribution in [-0.4, -0.2) is 38.8 Å². The molecule has 4 rings (SSSR count). The Bertz CT molecular complexity index is 905. The van der Waals surface area contributed by atoms with E-state index in [1.54, 1.807) is 24.0 Å². The standard InChI is InChI=1S/C19H16N4OS/c24-19(17-13-25-18(22-17)16-12-20-8-9-21-16)23-10-6-15(7-11-23)14-4-2-1-3-5-14/h1-6,8-9,12-13H,7,10-11H2. The maximum Gasteiger partial charge on any atom is 0.273 e. The molecule has 1 aromatic carbocycles. The van der Waals surface area contributed by atoms with Gasteiger partial charge in [-0.1, -0.05) is 36.4 Å². The SMILES string of the molecule is O=C(c1csc(-c2cnccn2)n1)N1CC=C(c2ccccc2)CC1. The van der Waals surface area contributed by atoms with Crippen LogP contribution in [0.5, 0.6) is 0 Å². The van der Waals surface area contributed by atoms with E-state index in [9.17, 15) is 4.79 Å². The van der Waals surface area contributed by atoms with Crippen molar-refractivity contribution in [2.75, 3.05) is 13.1 Å². The van der Waals surface area contributed by atoms with Crippen LogP contribution in [0.25, 0.3) is 16.3 Å². The first-order valence-corrected chi connectivity index (χ1v) is 8.95. The Balaban J connectivity index is 1.48. The molecule has 5 nitrogen and oxygen atoms in total. The van der Waals surface area contributed by atoms with Crippen molar-refractivity contribution < 1.29 is 4.79 Å². The Morgan fingerprint density at radius 2 is 2.04 bits per heavy atom. The van der Waals surface area contributed by atoms with E-state index in [1.165, 1.54) is 22.5 Å². The Hall–Kier alpha value is -2.86. The molecule has 0 saturated carbocycles. The summed E-state index contributed by atoms with van der Waals surface area (Å²) >= 11 is 1.42. The van der Waals surface area contributed by atoms with Gasteiger partial charge in [0, 0.05) is 30.9 Å². The van der Waals surface area contributed by atoms with Crippen LogP contribution in [-0.2, 0) is 0 Å². The molecule has 0 saturated heterocycles. The summed E-state index contributed by atoms with van der Waals surface area (Å²) in [4.78, 5) is 27.2. The van der Waals surface area contributed by atoms with Crippen LogP contribution in [0.2, 0.25) is 0 Å². The average Bonchev–Trinajstić information content (AvgIpc) is 3.19. The molecule has 2 aromatic heterocycles. The van der Waals surface area contributed by atoms with Crippen LogP contribution in [0.15, 0.2) is 60.4 Å². The average molecular weight is 348 g/mol. The molecule has 0 fully saturated rings. The van der Waals surface area contributed by atoms with Gasteiger partial charge in [-0.05, 0) is 17.6 Å². The summed E-state index contributed by atoms with van der Waals surface area (Å²) in [5.41, 5.74) is 3.69. The van der Waals surface area contributed by atoms with Crippen molar-refractivity contribution in [2.45, 2.75) is 6.42 Å². The maximum atomic E-state index is 12.7. The molecule has 1 aliphatic rings. The quantitative estimate of drug-likeness (QED) is 0.726. The third-order valence-corrected chi connectivity index (χ3v) is 5.01. The number of benzene rings is 1. The number of thiazole rings is 1. The molecule has 0 N–H and O–H groups in total. The monoisotopic (exact) mass is 348 g/mol. The first-order valence-electron chi connectivity index (χ1n) is 8.07. The molecule has 3 aromatic rings. The highest BCUT2D eigenvalue weighted by Gasteiger charge is 2.21. The molecule has 0 spiro atoms. The fourth-order valence-corrected chi connectivity index (χ4v) is 3.58. The van der Waals surface area contributed by atoms with Gasteiger partial charge in [-0.3, -0.25) is 14.8 Å². The van der Waals surface area contributed by atoms with Gasteiger partial charge in [-0.25, -0.2) is 4.98 Å². The summed E-state index contributed by atoms with van der Waals surface area (Å²) in [6.45, 7) is 1.32. The molecule has 1 aliphatic heterocycles. The third kappa shape index (κ3) is 3.34. The van der Waals surface area contributed by atoms with Gasteiger partial charge in [0.2, 0.25) is 0 Å². The summed E-state index contributed by atoms with van der Waals surface area (Å²) < 4.78 is 0. The van der Waals surface area contributed by atoms with E-state index in [-0.39, 0.29) is 5.91 Å². The second kappa shape index (κ2) is 6.94. The Morgan fingerprint density at radius 3 is 2.76 bits per heavy atom. The number of rotatable bonds is 3. The number of hydrogen-bond acceptors (Lipinski definition) is 5. The molecule has 25 heavy (non-hydrogen) atoms. The molecule has 0 unspecified atom stereocenters. The van der Waals surface area contributed by atoms with Crippen LogP contribution in [0.1, 0.15) is 22.5 Å². The van der Waals surface area contributed by atoms with E-state index < -0.39 is 0 Å². The molecular formula is C19H16N4OS. The Kier molecular flexibility index (Phi) is 4.35. The molecule has 0 bridgehead atoms. The molecule has 124 valence electrons. The van der Waals surface area contributed by atoms with E-state index >= 15 is 0 Å². The van der Waals surface area contributed by atoms with Gasteiger partial charge in [-0.15, -0.1) is 11.3 Å². The van der Waals surface area contributed by atoms with E-state index in [1.807, 2.05) is 23.1 Å². The van der Waals surface area contributed by atoms with Crippen molar-refractivity contribution in [1.82, 2.24) is 19.9 Å². The Labute approximate surface area is 149 Å². The van der Waals surface area contributed by atoms with Gasteiger partial charge >= 0.3 is 0 Å². The van der Waals surface area contributed by atoms with Crippen LogP contribution in [0.4, 0.5) is 0 Å². The van der Waals surface area contributed by atoms with Gasteiger partial charge in [-0.2, -0.15) is 0 Å². The van der Waals surface area contributed by atoms with Crippen molar-refractivity contribution >= 4 is 22.8 Å². The summed E-state index contributed by atoms with van der Waals surface area (Å²) in [5, 5.41) is 2.51. The van der Waals surface area contributed by atoms with Crippen molar-refractivity contribution in [3.63, 3.8) is 0 Å². The molecule has 6 heteroatoms. The minimum Gasteiger partial charge on any atom is -0.333 e. The van der Waals surface area contributed by atoms with Gasteiger partial charge in [0.1, 0.15) is 16.4 Å². The highest BCUT2D eigenvalue weighted by Crippen LogP contribution is 2.25. The molecule has 0 radical (unpaired) electrons. The van der Waals surface area contributed by atoms with Gasteiger partial charge in [0.25, 0.3) is 5.91 Å². The summed E-state index contributed by atoms with van der Waals surface area (Å²) in [7, 11) is 0. The fraction of sp³-hybridized carbons (Fsp3) is 0.158. The van der Waals surface area contributed by atoms with Crippen molar-refractivity contribution in [3.8, 4) is 10.7 Å². The first-order chi connectivity index (χ1) is 12.3. The number of hydrogen-bond donors (Lipinski definition) is 0. The zero-order valence-electron chi connectivity index (χ0n) is 13.5. The molecule has 3 heterocycles. The maximum absolute atomic E-state index is 12.7. The predicted molar refractivity (Wildman–Crippen MR) is 98.1 cm³/mol. The fourth-order valence-electron chi connectivity index (χ4n) is 2.83. The number of nitrogens with zero attached hydrogens (tertiary/aromatic N) is 4. The van der Waals surface area contributed by atoms with Crippen molar-refractivity contribution in [1.29, 1.82) is 0 Å². The highest BCUT2D eigenvalue weighted by molar-refractivity contribution is 7.13. The number of aromatic nitrogens is 3. The lowest BCUT2D eigenvalue weighted by Crippen LogP contribution is -2.34. The number of carbonyl (C=O) groups is 1. The molecule has 0 aliphatic carbocycles. The van der Waals surface area contributed by atoms with E-state index in [0.29, 0.717) is 29.5 Å². The number of amides is 1. The van der Waals surface area contributed by atoms with Crippen molar-refractivity contribution in [2.24, 2.45) is 0 Å². The molecule has 0 atom stereocenters. The third-order valence-electron chi connectivity index (χ3n) is 4.15. The predicted octanol–water partition coefficient (Wildman–Crippen LogP) is 3.53. The van der Waals surface area contributed by atoms with Crippen molar-refractivity contribution in [3.05, 3.63) is 71.6 Å². The van der Waals surface area contributed by atoms with Crippen LogP contribution < -0.4 is 0 Å². The van der Waals surface area contributed by atoms with Gasteiger partial charge in [0.15, 0.2) is 0 Å². The molecule has 1 amide bonds. The highest BCUT2D eigenvalue weighted by atomic mass is 32.1. The largest absolute Gasteiger partial charge is 0.333 e. The smallest absolute Gasteiger partial charge is 0.273 e. The minimum absolute atomic E-state index is 0.0326. The lowest BCUT2D eigenvalue weighted by Gasteiger charge is -2.26. The van der Waals surface area contributed by atoms with Gasteiger partial charge in [0.05, 0.1) is 6.20 Å². The summed E-state index contributed by atoms with van der Waals surface area (Å²) in [6.07, 6.45) is 7.89. The summed E-state index contributed by atoms with van der Waals surface area (Å²) in [6, 6.07) is 10.3. The van der Waals surface area contributed by atoms with E-state index in [2.05, 4.69) is 33.2 Å². The lowest BCUT2D eigenvalue weighted by atomic mass is 9.99. The van der Waals surface area contributed by atoms with E-state index in [0.717, 1.165) is 6.42 Å². The van der Waals surface area contributed by atoms with Crippen LogP contribution in [0.3, 0.4) is 0 Å². The van der Waals surface area contributed by atoms with Gasteiger partial charge < -0.3 is 4.90 Å². The second-order valence-electron chi connectivity index (χ2n) is 5.73. The summed E-state index contributed by atoms with van der Waals surface area (Å²) in [5.74, 6) is -0.0326. The minimum atomic E-state index is -0.0326. The normalized spacial score (nSPS) is 14.2.